The Morgan fingerprint density at radius 1 is 1.18 bits per heavy atom. The lowest BCUT2D eigenvalue weighted by atomic mass is 9.87. The number of nitrogens with zero attached hydrogens (tertiary/aromatic N) is 4. The molecule has 0 fully saturated rings. The lowest BCUT2D eigenvalue weighted by Gasteiger charge is -2.22. The third kappa shape index (κ3) is 6.84. The van der Waals surface area contributed by atoms with Crippen molar-refractivity contribution in [3.05, 3.63) is 54.6 Å². The van der Waals surface area contributed by atoms with Crippen LogP contribution < -0.4 is 15.0 Å². The maximum absolute atomic E-state index is 12.6. The van der Waals surface area contributed by atoms with Gasteiger partial charge in [0.15, 0.2) is 6.73 Å². The van der Waals surface area contributed by atoms with E-state index < -0.39 is 0 Å². The summed E-state index contributed by atoms with van der Waals surface area (Å²) in [5.74, 6) is 1.80. The Bertz CT molecular complexity index is 760. The molecule has 2 amide bonds. The van der Waals surface area contributed by atoms with Crippen LogP contribution in [0.2, 0.25) is 0 Å². The first-order chi connectivity index (χ1) is 13.4. The molecule has 2 aromatic rings. The molecular weight excluding hydrogens is 374 g/mol. The molecule has 7 nitrogen and oxygen atoms in total. The fraction of sp³-hybridized carbons (Fsp3) is 0.400. The van der Waals surface area contributed by atoms with E-state index in [1.807, 2.05) is 42.7 Å². The molecule has 150 valence electrons. The number of amides is 2. The fourth-order valence-corrected chi connectivity index (χ4v) is 2.59. The van der Waals surface area contributed by atoms with Gasteiger partial charge in [0.05, 0.1) is 0 Å². The molecule has 0 radical (unpaired) electrons. The second-order valence-corrected chi connectivity index (χ2v) is 7.94. The van der Waals surface area contributed by atoms with Gasteiger partial charge in [0.25, 0.3) is 0 Å². The van der Waals surface area contributed by atoms with E-state index in [4.69, 9.17) is 4.74 Å². The molecule has 1 aromatic heterocycles. The Hall–Kier alpha value is -2.61. The summed E-state index contributed by atoms with van der Waals surface area (Å²) in [5, 5.41) is 2.82. The summed E-state index contributed by atoms with van der Waals surface area (Å²) >= 11 is 1.71. The van der Waals surface area contributed by atoms with Crippen molar-refractivity contribution in [3.63, 3.8) is 0 Å². The molecule has 2 rings (SSSR count). The largest absolute Gasteiger partial charge is 0.472 e. The third-order valence-electron chi connectivity index (χ3n) is 3.85. The van der Waals surface area contributed by atoms with Crippen LogP contribution >= 0.6 is 11.8 Å². The minimum absolute atomic E-state index is 0.0146. The molecule has 0 saturated carbocycles. The smallest absolute Gasteiger partial charge is 0.327 e. The minimum Gasteiger partial charge on any atom is -0.472 e. The molecular formula is C20H27N5O2S. The molecule has 1 heterocycles. The van der Waals surface area contributed by atoms with Crippen LogP contribution in [0.15, 0.2) is 49.1 Å². The van der Waals surface area contributed by atoms with E-state index in [0.717, 1.165) is 5.75 Å². The number of urea groups is 1. The normalized spacial score (nSPS) is 11.4. The Kier molecular flexibility index (Phi) is 8.25. The maximum Gasteiger partial charge on any atom is 0.327 e. The number of carbonyl (C=O) groups excluding carboxylic acids is 1. The quantitative estimate of drug-likeness (QED) is 0.537. The summed E-state index contributed by atoms with van der Waals surface area (Å²) in [6.07, 6.45) is 8.63. The number of nitrogens with one attached hydrogen (secondary N) is 1. The number of hydrogen-bond donors (Lipinski definition) is 1. The first-order valence-corrected chi connectivity index (χ1v) is 10.4. The molecule has 1 aromatic carbocycles. The SMILES string of the molecule is CSCC=CCNC(=O)N(COc1ccc(C(C)(C)C)cc1)c1ncncn1. The van der Waals surface area contributed by atoms with Crippen molar-refractivity contribution in [2.75, 3.05) is 30.2 Å². The van der Waals surface area contributed by atoms with Gasteiger partial charge in [-0.1, -0.05) is 45.1 Å². The summed E-state index contributed by atoms with van der Waals surface area (Å²) in [7, 11) is 0. The summed E-state index contributed by atoms with van der Waals surface area (Å²) in [4.78, 5) is 25.8. The first-order valence-electron chi connectivity index (χ1n) is 8.96. The molecule has 0 bridgehead atoms. The van der Waals surface area contributed by atoms with Gasteiger partial charge in [-0.25, -0.2) is 24.6 Å². The summed E-state index contributed by atoms with van der Waals surface area (Å²) in [5.41, 5.74) is 1.28. The number of hydrogen-bond acceptors (Lipinski definition) is 6. The van der Waals surface area contributed by atoms with E-state index in [2.05, 4.69) is 41.0 Å². The Balaban J connectivity index is 2.03. The maximum atomic E-state index is 12.6. The van der Waals surface area contributed by atoms with Crippen LogP contribution in [0.25, 0.3) is 0 Å². The average molecular weight is 402 g/mol. The van der Waals surface area contributed by atoms with Crippen LogP contribution in [-0.4, -0.2) is 46.3 Å². The Morgan fingerprint density at radius 3 is 2.46 bits per heavy atom. The van der Waals surface area contributed by atoms with E-state index in [1.54, 1.807) is 11.8 Å². The number of rotatable bonds is 8. The van der Waals surface area contributed by atoms with Gasteiger partial charge in [0.2, 0.25) is 5.95 Å². The molecule has 8 heteroatoms. The molecule has 28 heavy (non-hydrogen) atoms. The van der Waals surface area contributed by atoms with Gasteiger partial charge in [-0.2, -0.15) is 11.8 Å². The second kappa shape index (κ2) is 10.7. The van der Waals surface area contributed by atoms with Gasteiger partial charge in [-0.15, -0.1) is 0 Å². The lowest BCUT2D eigenvalue weighted by molar-refractivity contribution is 0.236. The van der Waals surface area contributed by atoms with Crippen LogP contribution in [0, 0.1) is 0 Å². The highest BCUT2D eigenvalue weighted by atomic mass is 32.2. The van der Waals surface area contributed by atoms with E-state index >= 15 is 0 Å². The Morgan fingerprint density at radius 2 is 1.86 bits per heavy atom. The van der Waals surface area contributed by atoms with Crippen LogP contribution in [0.3, 0.4) is 0 Å². The number of benzene rings is 1. The highest BCUT2D eigenvalue weighted by Crippen LogP contribution is 2.24. The van der Waals surface area contributed by atoms with Crippen molar-refractivity contribution in [2.45, 2.75) is 26.2 Å². The van der Waals surface area contributed by atoms with Crippen LogP contribution in [-0.2, 0) is 5.41 Å². The molecule has 0 aliphatic rings. The summed E-state index contributed by atoms with van der Waals surface area (Å²) in [6.45, 7) is 6.87. The van der Waals surface area contributed by atoms with Gasteiger partial charge in [-0.05, 0) is 29.4 Å². The zero-order valence-corrected chi connectivity index (χ0v) is 17.6. The van der Waals surface area contributed by atoms with E-state index in [-0.39, 0.29) is 24.1 Å². The number of carbonyl (C=O) groups is 1. The second-order valence-electron chi connectivity index (χ2n) is 7.03. The van der Waals surface area contributed by atoms with E-state index in [1.165, 1.54) is 23.1 Å². The zero-order chi connectivity index (χ0) is 20.4. The van der Waals surface area contributed by atoms with Crippen molar-refractivity contribution in [3.8, 4) is 5.75 Å². The van der Waals surface area contributed by atoms with Gasteiger partial charge in [0.1, 0.15) is 18.4 Å². The fourth-order valence-electron chi connectivity index (χ4n) is 2.26. The molecule has 0 spiro atoms. The predicted octanol–water partition coefficient (Wildman–Crippen LogP) is 3.64. The first kappa shape index (κ1) is 21.7. The highest BCUT2D eigenvalue weighted by molar-refractivity contribution is 7.98. The molecule has 0 atom stereocenters. The van der Waals surface area contributed by atoms with E-state index in [0.29, 0.717) is 12.3 Å². The number of aromatic nitrogens is 3. The predicted molar refractivity (Wildman–Crippen MR) is 114 cm³/mol. The monoisotopic (exact) mass is 401 g/mol. The average Bonchev–Trinajstić information content (AvgIpc) is 2.68. The number of anilines is 1. The van der Waals surface area contributed by atoms with Gasteiger partial charge in [0, 0.05) is 12.3 Å². The molecule has 0 aliphatic carbocycles. The van der Waals surface area contributed by atoms with Crippen molar-refractivity contribution in [1.82, 2.24) is 20.3 Å². The van der Waals surface area contributed by atoms with Crippen LogP contribution in [0.4, 0.5) is 10.7 Å². The minimum atomic E-state index is -0.341. The molecule has 0 aliphatic heterocycles. The van der Waals surface area contributed by atoms with Gasteiger partial charge >= 0.3 is 6.03 Å². The Labute approximate surface area is 170 Å². The standard InChI is InChI=1S/C20H27N5O2S/c1-20(2,3)16-7-9-17(10-8-16)27-15-25(18-23-13-21-14-24-18)19(26)22-11-5-6-12-28-4/h5-10,13-14H,11-12,15H2,1-4H3,(H,22,26). The molecule has 1 N–H and O–H groups in total. The van der Waals surface area contributed by atoms with Gasteiger partial charge < -0.3 is 10.1 Å². The number of ether oxygens (including phenoxy) is 1. The van der Waals surface area contributed by atoms with Crippen LogP contribution in [0.5, 0.6) is 5.75 Å². The topological polar surface area (TPSA) is 80.2 Å². The summed E-state index contributed by atoms with van der Waals surface area (Å²) in [6, 6.07) is 7.51. The molecule has 0 saturated heterocycles. The van der Waals surface area contributed by atoms with Crippen molar-refractivity contribution >= 4 is 23.7 Å². The van der Waals surface area contributed by atoms with Crippen molar-refractivity contribution in [2.24, 2.45) is 0 Å². The highest BCUT2D eigenvalue weighted by Gasteiger charge is 2.19. The van der Waals surface area contributed by atoms with Crippen LogP contribution in [0.1, 0.15) is 26.3 Å². The third-order valence-corrected chi connectivity index (χ3v) is 4.37. The zero-order valence-electron chi connectivity index (χ0n) is 16.8. The number of thioether (sulfide) groups is 1. The van der Waals surface area contributed by atoms with E-state index in [9.17, 15) is 4.79 Å². The molecule has 0 unspecified atom stereocenters. The lowest BCUT2D eigenvalue weighted by Crippen LogP contribution is -2.43. The van der Waals surface area contributed by atoms with Crippen molar-refractivity contribution < 1.29 is 9.53 Å². The van der Waals surface area contributed by atoms with Gasteiger partial charge in [-0.3, -0.25) is 0 Å². The van der Waals surface area contributed by atoms with Crippen molar-refractivity contribution in [1.29, 1.82) is 0 Å². The summed E-state index contributed by atoms with van der Waals surface area (Å²) < 4.78 is 5.80.